The minimum Gasteiger partial charge on any atom is -0.497 e. The number of non-ortho nitro benzene ring substituents is 1. The molecule has 0 amide bonds. The molecule has 1 saturated carbocycles. The number of H-pyrrole nitrogens is 1. The molecule has 2 heterocycles. The molecule has 33 heavy (non-hydrogen) atoms. The van der Waals surface area contributed by atoms with Crippen LogP contribution in [-0.2, 0) is 18.3 Å². The third-order valence-corrected chi connectivity index (χ3v) is 8.20. The van der Waals surface area contributed by atoms with E-state index in [1.165, 1.54) is 12.8 Å². The second-order valence-corrected chi connectivity index (χ2v) is 10.2. The largest absolute Gasteiger partial charge is 0.497 e. The van der Waals surface area contributed by atoms with Crippen molar-refractivity contribution in [2.75, 3.05) is 26.7 Å². The molecule has 0 bridgehead atoms. The van der Waals surface area contributed by atoms with Crippen LogP contribution in [0.5, 0.6) is 5.75 Å². The number of nitrogens with zero attached hydrogens (tertiary/aromatic N) is 2. The number of aliphatic hydroxyl groups is 1. The molecule has 2 atom stereocenters. The third-order valence-electron chi connectivity index (χ3n) is 8.20. The molecule has 3 aliphatic rings. The highest BCUT2D eigenvalue weighted by molar-refractivity contribution is 5.87. The molecule has 0 unspecified atom stereocenters. The average molecular weight is 448 g/mol. The first-order chi connectivity index (χ1) is 15.9. The summed E-state index contributed by atoms with van der Waals surface area (Å²) in [6.45, 7) is 2.65. The van der Waals surface area contributed by atoms with Crippen LogP contribution in [0, 0.1) is 16.0 Å². The van der Waals surface area contributed by atoms with Crippen molar-refractivity contribution in [3.63, 3.8) is 0 Å². The number of hydrogen-bond donors (Lipinski definition) is 2. The van der Waals surface area contributed by atoms with E-state index in [1.807, 2.05) is 18.2 Å². The maximum atomic E-state index is 12.4. The third kappa shape index (κ3) is 3.25. The highest BCUT2D eigenvalue weighted by Crippen LogP contribution is 2.52. The number of β-amino-alcohol motifs (C(OH)–C–C–N with tert-alkyl or cyclic N) is 1. The van der Waals surface area contributed by atoms with Crippen LogP contribution in [0.1, 0.15) is 36.1 Å². The van der Waals surface area contributed by atoms with E-state index in [-0.39, 0.29) is 10.6 Å². The summed E-state index contributed by atoms with van der Waals surface area (Å²) >= 11 is 0. The summed E-state index contributed by atoms with van der Waals surface area (Å²) in [7, 11) is 1.67. The van der Waals surface area contributed by atoms with Gasteiger partial charge in [-0.1, -0.05) is 12.1 Å². The van der Waals surface area contributed by atoms with Gasteiger partial charge in [-0.15, -0.1) is 0 Å². The van der Waals surface area contributed by atoms with Crippen LogP contribution in [0.4, 0.5) is 5.69 Å². The zero-order valence-corrected chi connectivity index (χ0v) is 18.8. The SMILES string of the molecule is COc1cccc([C@@]23CCN(CC4CC4)C[C@@]2(O)Cc2c([nH]c4cc([N+](=O)[O-])ccc24)C3)c1. The van der Waals surface area contributed by atoms with Gasteiger partial charge in [-0.25, -0.2) is 0 Å². The van der Waals surface area contributed by atoms with Gasteiger partial charge in [-0.05, 0) is 61.1 Å². The van der Waals surface area contributed by atoms with Crippen LogP contribution in [0.25, 0.3) is 10.9 Å². The second kappa shape index (κ2) is 7.30. The zero-order valence-electron chi connectivity index (χ0n) is 18.8. The Labute approximate surface area is 192 Å². The molecule has 2 aromatic carbocycles. The molecule has 2 aliphatic carbocycles. The number of likely N-dealkylation sites (tertiary alicyclic amines) is 1. The molecule has 6 rings (SSSR count). The quantitative estimate of drug-likeness (QED) is 0.456. The van der Waals surface area contributed by atoms with Gasteiger partial charge in [0.2, 0.25) is 0 Å². The van der Waals surface area contributed by atoms with Crippen molar-refractivity contribution in [2.45, 2.75) is 43.1 Å². The number of nitro benzene ring substituents is 1. The molecule has 172 valence electrons. The smallest absolute Gasteiger partial charge is 0.271 e. The highest BCUT2D eigenvalue weighted by atomic mass is 16.6. The summed E-state index contributed by atoms with van der Waals surface area (Å²) in [6.07, 6.45) is 4.64. The number of fused-ring (bicyclic) bond motifs is 4. The summed E-state index contributed by atoms with van der Waals surface area (Å²) in [5.74, 6) is 1.56. The minimum atomic E-state index is -0.934. The zero-order chi connectivity index (χ0) is 22.8. The molecule has 0 radical (unpaired) electrons. The number of ether oxygens (including phenoxy) is 1. The Morgan fingerprint density at radius 2 is 2.09 bits per heavy atom. The van der Waals surface area contributed by atoms with E-state index < -0.39 is 11.0 Å². The maximum Gasteiger partial charge on any atom is 0.271 e. The Kier molecular flexibility index (Phi) is 4.58. The van der Waals surface area contributed by atoms with Gasteiger partial charge in [-0.2, -0.15) is 0 Å². The molecular weight excluding hydrogens is 418 g/mol. The number of aromatic amines is 1. The van der Waals surface area contributed by atoms with Crippen LogP contribution in [0.3, 0.4) is 0 Å². The monoisotopic (exact) mass is 447 g/mol. The van der Waals surface area contributed by atoms with Crippen molar-refractivity contribution < 1.29 is 14.8 Å². The van der Waals surface area contributed by atoms with Gasteiger partial charge in [0.15, 0.2) is 0 Å². The fraction of sp³-hybridized carbons (Fsp3) is 0.462. The van der Waals surface area contributed by atoms with E-state index in [4.69, 9.17) is 4.74 Å². The lowest BCUT2D eigenvalue weighted by molar-refractivity contribution is -0.384. The number of aromatic nitrogens is 1. The predicted octanol–water partition coefficient (Wildman–Crippen LogP) is 3.97. The molecule has 1 aromatic heterocycles. The highest BCUT2D eigenvalue weighted by Gasteiger charge is 2.57. The molecule has 3 aromatic rings. The summed E-state index contributed by atoms with van der Waals surface area (Å²) in [5, 5.41) is 24.7. The lowest BCUT2D eigenvalue weighted by Gasteiger charge is -2.56. The normalized spacial score (nSPS) is 27.2. The topological polar surface area (TPSA) is 91.6 Å². The standard InChI is InChI=1S/C26H29N3O4/c1-33-20-4-2-3-18(11-20)25-9-10-28(15-17-5-6-17)16-26(25,30)13-22-21-8-7-19(29(31)32)12-23(21)27-24(22)14-25/h2-4,7-8,11-12,17,27,30H,5-6,9-10,13-16H2,1H3/t25-,26-/m0/s1. The van der Waals surface area contributed by atoms with E-state index in [2.05, 4.69) is 22.0 Å². The van der Waals surface area contributed by atoms with Crippen molar-refractivity contribution in [3.05, 3.63) is 69.4 Å². The van der Waals surface area contributed by atoms with Gasteiger partial charge in [0.25, 0.3) is 5.69 Å². The molecule has 2 fully saturated rings. The van der Waals surface area contributed by atoms with Crippen molar-refractivity contribution in [1.82, 2.24) is 9.88 Å². The van der Waals surface area contributed by atoms with E-state index in [0.29, 0.717) is 19.4 Å². The van der Waals surface area contributed by atoms with E-state index in [0.717, 1.165) is 58.9 Å². The van der Waals surface area contributed by atoms with Gasteiger partial charge in [0.1, 0.15) is 5.75 Å². The molecule has 1 aliphatic heterocycles. The first-order valence-electron chi connectivity index (χ1n) is 11.8. The number of nitrogens with one attached hydrogen (secondary N) is 1. The number of nitro groups is 1. The fourth-order valence-electron chi connectivity index (χ4n) is 6.28. The van der Waals surface area contributed by atoms with Gasteiger partial charge in [0.05, 0.1) is 23.2 Å². The van der Waals surface area contributed by atoms with Crippen LogP contribution >= 0.6 is 0 Å². The Morgan fingerprint density at radius 3 is 2.85 bits per heavy atom. The van der Waals surface area contributed by atoms with E-state index >= 15 is 0 Å². The molecule has 2 N–H and O–H groups in total. The van der Waals surface area contributed by atoms with Gasteiger partial charge < -0.3 is 19.7 Å². The number of piperidine rings is 1. The van der Waals surface area contributed by atoms with E-state index in [9.17, 15) is 15.2 Å². The van der Waals surface area contributed by atoms with Crippen molar-refractivity contribution in [2.24, 2.45) is 5.92 Å². The Bertz CT molecular complexity index is 1250. The van der Waals surface area contributed by atoms with Crippen molar-refractivity contribution >= 4 is 16.6 Å². The average Bonchev–Trinajstić information content (AvgIpc) is 3.56. The first-order valence-corrected chi connectivity index (χ1v) is 11.8. The van der Waals surface area contributed by atoms with Gasteiger partial charge >= 0.3 is 0 Å². The molecule has 0 spiro atoms. The lowest BCUT2D eigenvalue weighted by atomic mass is 9.56. The summed E-state index contributed by atoms with van der Waals surface area (Å²) in [5.41, 5.74) is 2.74. The van der Waals surface area contributed by atoms with Crippen LogP contribution < -0.4 is 4.74 Å². The van der Waals surface area contributed by atoms with Gasteiger partial charge in [0, 0.05) is 54.6 Å². The first kappa shape index (κ1) is 20.7. The Morgan fingerprint density at radius 1 is 1.24 bits per heavy atom. The number of rotatable bonds is 5. The summed E-state index contributed by atoms with van der Waals surface area (Å²) in [6, 6.07) is 13.1. The molecular formula is C26H29N3O4. The predicted molar refractivity (Wildman–Crippen MR) is 126 cm³/mol. The molecule has 1 saturated heterocycles. The summed E-state index contributed by atoms with van der Waals surface area (Å²) < 4.78 is 5.53. The van der Waals surface area contributed by atoms with Crippen molar-refractivity contribution in [1.29, 1.82) is 0 Å². The molecule has 7 heteroatoms. The van der Waals surface area contributed by atoms with Crippen molar-refractivity contribution in [3.8, 4) is 5.75 Å². The van der Waals surface area contributed by atoms with Gasteiger partial charge in [-0.3, -0.25) is 10.1 Å². The summed E-state index contributed by atoms with van der Waals surface area (Å²) in [4.78, 5) is 16.9. The lowest BCUT2D eigenvalue weighted by Crippen LogP contribution is -2.66. The number of methoxy groups -OCH3 is 1. The van der Waals surface area contributed by atoms with E-state index in [1.54, 1.807) is 19.2 Å². The molecule has 7 nitrogen and oxygen atoms in total. The maximum absolute atomic E-state index is 12.4. The number of benzene rings is 2. The van der Waals surface area contributed by atoms with Crippen LogP contribution in [-0.4, -0.2) is 52.3 Å². The number of hydrogen-bond acceptors (Lipinski definition) is 5. The Hall–Kier alpha value is -2.90. The van der Waals surface area contributed by atoms with Crippen LogP contribution in [0.15, 0.2) is 42.5 Å². The fourth-order valence-corrected chi connectivity index (χ4v) is 6.28. The second-order valence-electron chi connectivity index (χ2n) is 10.2. The van der Waals surface area contributed by atoms with Crippen LogP contribution in [0.2, 0.25) is 0 Å². The minimum absolute atomic E-state index is 0.0790. The Balaban J connectivity index is 1.48.